The second-order valence-electron chi connectivity index (χ2n) is 5.82. The van der Waals surface area contributed by atoms with Gasteiger partial charge in [-0.05, 0) is 48.7 Å². The summed E-state index contributed by atoms with van der Waals surface area (Å²) in [5, 5.41) is 0. The third-order valence-corrected chi connectivity index (χ3v) is 4.70. The van der Waals surface area contributed by atoms with Crippen LogP contribution in [0.15, 0.2) is 53.4 Å². The number of hydrogen-bond donors (Lipinski definition) is 1. The summed E-state index contributed by atoms with van der Waals surface area (Å²) in [7, 11) is -4.21. The third-order valence-electron chi connectivity index (χ3n) is 3.85. The molecule has 0 aliphatic rings. The van der Waals surface area contributed by atoms with Gasteiger partial charge in [0.05, 0.1) is 4.90 Å². The molecule has 0 atom stereocenters. The molecular weight excluding hydrogens is 324 g/mol. The Balaban J connectivity index is 2.18. The number of para-hydroxylation sites is 1. The number of hydrogen-bond acceptors (Lipinski definition) is 3. The molecule has 2 aromatic carbocycles. The Bertz CT molecular complexity index is 739. The topological polar surface area (TPSA) is 63.6 Å². The van der Waals surface area contributed by atoms with E-state index in [1.54, 1.807) is 6.07 Å². The molecule has 0 aliphatic carbocycles. The normalized spacial score (nSPS) is 11.4. The molecule has 0 heterocycles. The average molecular weight is 348 g/mol. The van der Waals surface area contributed by atoms with Gasteiger partial charge in [0, 0.05) is 0 Å². The van der Waals surface area contributed by atoms with Gasteiger partial charge in [0.1, 0.15) is 11.5 Å². The molecule has 0 saturated heterocycles. The summed E-state index contributed by atoms with van der Waals surface area (Å²) in [6.07, 6.45) is 6.33. The standard InChI is InChI=1S/C19H24O4S/c1-2-3-4-5-7-10-16-15-18(24(20,21)22)13-14-19(16)23-17-11-8-6-9-12-17/h6,8-9,11-15H,2-5,7,10H2,1H3,(H,20,21,22). The molecule has 5 heteroatoms. The lowest BCUT2D eigenvalue weighted by atomic mass is 10.0. The van der Waals surface area contributed by atoms with E-state index in [1.807, 2.05) is 30.3 Å². The van der Waals surface area contributed by atoms with Crippen LogP contribution in [0.3, 0.4) is 0 Å². The fourth-order valence-electron chi connectivity index (χ4n) is 2.55. The van der Waals surface area contributed by atoms with E-state index in [-0.39, 0.29) is 4.90 Å². The average Bonchev–Trinajstić information content (AvgIpc) is 2.56. The molecule has 0 aliphatic heterocycles. The fraction of sp³-hybridized carbons (Fsp3) is 0.368. The summed E-state index contributed by atoms with van der Waals surface area (Å²) in [6.45, 7) is 2.17. The van der Waals surface area contributed by atoms with Crippen LogP contribution in [0.2, 0.25) is 0 Å². The molecule has 2 aromatic rings. The van der Waals surface area contributed by atoms with Gasteiger partial charge in [0.25, 0.3) is 10.1 Å². The minimum atomic E-state index is -4.21. The maximum Gasteiger partial charge on any atom is 0.294 e. The predicted octanol–water partition coefficient (Wildman–Crippen LogP) is 5.24. The number of ether oxygens (including phenoxy) is 1. The van der Waals surface area contributed by atoms with Crippen molar-refractivity contribution in [1.29, 1.82) is 0 Å². The molecule has 0 aromatic heterocycles. The molecule has 24 heavy (non-hydrogen) atoms. The first-order chi connectivity index (χ1) is 11.5. The third kappa shape index (κ3) is 5.65. The molecule has 0 radical (unpaired) electrons. The van der Waals surface area contributed by atoms with Crippen LogP contribution < -0.4 is 4.74 Å². The molecule has 130 valence electrons. The van der Waals surface area contributed by atoms with Crippen LogP contribution in [0.1, 0.15) is 44.6 Å². The number of rotatable bonds is 9. The van der Waals surface area contributed by atoms with Crippen molar-refractivity contribution in [1.82, 2.24) is 0 Å². The number of unbranched alkanes of at least 4 members (excludes halogenated alkanes) is 4. The second kappa shape index (κ2) is 8.85. The first-order valence-corrected chi connectivity index (χ1v) is 9.78. The monoisotopic (exact) mass is 348 g/mol. The van der Waals surface area contributed by atoms with E-state index < -0.39 is 10.1 Å². The molecule has 2 rings (SSSR count). The Morgan fingerprint density at radius 2 is 1.67 bits per heavy atom. The first-order valence-electron chi connectivity index (χ1n) is 8.34. The minimum Gasteiger partial charge on any atom is -0.457 e. The molecule has 0 amide bonds. The largest absolute Gasteiger partial charge is 0.457 e. The van der Waals surface area contributed by atoms with Crippen LogP contribution in [-0.2, 0) is 16.5 Å². The van der Waals surface area contributed by atoms with E-state index in [9.17, 15) is 13.0 Å². The van der Waals surface area contributed by atoms with Crippen LogP contribution in [0.25, 0.3) is 0 Å². The highest BCUT2D eigenvalue weighted by Gasteiger charge is 2.14. The SMILES string of the molecule is CCCCCCCc1cc(S(=O)(=O)O)ccc1Oc1ccccc1. The van der Waals surface area contributed by atoms with E-state index in [0.29, 0.717) is 11.5 Å². The van der Waals surface area contributed by atoms with Crippen LogP contribution in [0.4, 0.5) is 0 Å². The quantitative estimate of drug-likeness (QED) is 0.497. The van der Waals surface area contributed by atoms with E-state index in [0.717, 1.165) is 24.8 Å². The first kappa shape index (κ1) is 18.5. The molecule has 4 nitrogen and oxygen atoms in total. The van der Waals surface area contributed by atoms with Crippen molar-refractivity contribution < 1.29 is 17.7 Å². The van der Waals surface area contributed by atoms with Gasteiger partial charge in [-0.3, -0.25) is 4.55 Å². The van der Waals surface area contributed by atoms with Crippen LogP contribution in [0, 0.1) is 0 Å². The maximum absolute atomic E-state index is 11.4. The molecule has 0 spiro atoms. The lowest BCUT2D eigenvalue weighted by Gasteiger charge is -2.12. The summed E-state index contributed by atoms with van der Waals surface area (Å²) in [6, 6.07) is 13.9. The van der Waals surface area contributed by atoms with Gasteiger partial charge in [-0.15, -0.1) is 0 Å². The van der Waals surface area contributed by atoms with Gasteiger partial charge in [-0.1, -0.05) is 50.8 Å². The zero-order valence-electron chi connectivity index (χ0n) is 13.9. The van der Waals surface area contributed by atoms with Gasteiger partial charge in [-0.2, -0.15) is 8.42 Å². The summed E-state index contributed by atoms with van der Waals surface area (Å²) < 4.78 is 37.9. The number of aryl methyl sites for hydroxylation is 1. The second-order valence-corrected chi connectivity index (χ2v) is 7.25. The summed E-state index contributed by atoms with van der Waals surface area (Å²) in [5.74, 6) is 1.33. The summed E-state index contributed by atoms with van der Waals surface area (Å²) >= 11 is 0. The highest BCUT2D eigenvalue weighted by atomic mass is 32.2. The summed E-state index contributed by atoms with van der Waals surface area (Å²) in [4.78, 5) is -0.0912. The van der Waals surface area contributed by atoms with Crippen molar-refractivity contribution in [3.63, 3.8) is 0 Å². The molecule has 0 bridgehead atoms. The van der Waals surface area contributed by atoms with Crippen LogP contribution in [-0.4, -0.2) is 13.0 Å². The lowest BCUT2D eigenvalue weighted by Crippen LogP contribution is -2.01. The van der Waals surface area contributed by atoms with Gasteiger partial charge in [0.15, 0.2) is 0 Å². The zero-order chi connectivity index (χ0) is 17.4. The summed E-state index contributed by atoms with van der Waals surface area (Å²) in [5.41, 5.74) is 0.797. The molecule has 1 N–H and O–H groups in total. The fourth-order valence-corrected chi connectivity index (χ4v) is 3.08. The van der Waals surface area contributed by atoms with Crippen molar-refractivity contribution in [3.05, 3.63) is 54.1 Å². The van der Waals surface area contributed by atoms with E-state index in [1.165, 1.54) is 31.4 Å². The van der Waals surface area contributed by atoms with Gasteiger partial charge in [-0.25, -0.2) is 0 Å². The van der Waals surface area contributed by atoms with E-state index in [4.69, 9.17) is 4.74 Å². The highest BCUT2D eigenvalue weighted by molar-refractivity contribution is 7.85. The smallest absolute Gasteiger partial charge is 0.294 e. The Kier molecular flexibility index (Phi) is 6.82. The van der Waals surface area contributed by atoms with Crippen molar-refractivity contribution in [2.24, 2.45) is 0 Å². The lowest BCUT2D eigenvalue weighted by molar-refractivity contribution is 0.471. The predicted molar refractivity (Wildman–Crippen MR) is 95.2 cm³/mol. The van der Waals surface area contributed by atoms with Crippen LogP contribution in [0.5, 0.6) is 11.5 Å². The Morgan fingerprint density at radius 1 is 0.958 bits per heavy atom. The maximum atomic E-state index is 11.4. The Morgan fingerprint density at radius 3 is 2.33 bits per heavy atom. The van der Waals surface area contributed by atoms with Crippen LogP contribution >= 0.6 is 0 Å². The van der Waals surface area contributed by atoms with E-state index in [2.05, 4.69) is 6.92 Å². The van der Waals surface area contributed by atoms with Gasteiger partial charge >= 0.3 is 0 Å². The van der Waals surface area contributed by atoms with Gasteiger partial charge < -0.3 is 4.74 Å². The van der Waals surface area contributed by atoms with Crippen molar-refractivity contribution in [3.8, 4) is 11.5 Å². The zero-order valence-corrected chi connectivity index (χ0v) is 14.8. The molecule has 0 saturated carbocycles. The Labute approximate surface area is 144 Å². The minimum absolute atomic E-state index is 0.0912. The molecular formula is C19H24O4S. The highest BCUT2D eigenvalue weighted by Crippen LogP contribution is 2.29. The van der Waals surface area contributed by atoms with Gasteiger partial charge in [0.2, 0.25) is 0 Å². The molecule has 0 fully saturated rings. The number of benzene rings is 2. The van der Waals surface area contributed by atoms with Crippen molar-refractivity contribution >= 4 is 10.1 Å². The van der Waals surface area contributed by atoms with E-state index >= 15 is 0 Å². The Hall–Kier alpha value is -1.85. The van der Waals surface area contributed by atoms with Crippen molar-refractivity contribution in [2.45, 2.75) is 50.3 Å². The molecule has 0 unspecified atom stereocenters. The van der Waals surface area contributed by atoms with Crippen molar-refractivity contribution in [2.75, 3.05) is 0 Å².